The Morgan fingerprint density at radius 1 is 0.514 bits per heavy atom. The van der Waals surface area contributed by atoms with Gasteiger partial charge in [-0.3, -0.25) is 77.9 Å². The van der Waals surface area contributed by atoms with E-state index in [1.54, 1.807) is 58.0 Å². The summed E-state index contributed by atoms with van der Waals surface area (Å²) < 4.78 is 0. The van der Waals surface area contributed by atoms with Crippen LogP contribution in [0.15, 0.2) is 30.3 Å². The number of aldehydes is 1. The number of hydrogen-bond acceptors (Lipinski definition) is 23. The molecule has 0 aromatic heterocycles. The Kier molecular flexibility index (Phi) is 42.7. The number of guanidine groups is 2. The van der Waals surface area contributed by atoms with Gasteiger partial charge in [0.05, 0.1) is 38.5 Å². The average molecular weight is 1550 g/mol. The molecule has 1 aromatic carbocycles. The van der Waals surface area contributed by atoms with Gasteiger partial charge in [-0.2, -0.15) is 0 Å². The lowest BCUT2D eigenvalue weighted by molar-refractivity contribution is -0.145. The van der Waals surface area contributed by atoms with Gasteiger partial charge in [-0.1, -0.05) is 58.0 Å². The number of aliphatic hydroxyl groups is 4. The number of aliphatic carboxylic acids is 1. The Morgan fingerprint density at radius 3 is 1.45 bits per heavy atom. The minimum absolute atomic E-state index is 0.0160. The largest absolute Gasteiger partial charge is 0.480 e. The summed E-state index contributed by atoms with van der Waals surface area (Å²) in [6.45, 7) is 6.59. The van der Waals surface area contributed by atoms with Gasteiger partial charge in [0.25, 0.3) is 5.91 Å². The second-order valence-electron chi connectivity index (χ2n) is 26.9. The van der Waals surface area contributed by atoms with E-state index in [9.17, 15) is 102 Å². The zero-order valence-corrected chi connectivity index (χ0v) is 62.3. The van der Waals surface area contributed by atoms with Crippen LogP contribution in [0.25, 0.3) is 0 Å². The number of carboxylic acid groups (broad SMARTS) is 1. The monoisotopic (exact) mass is 1550 g/mol. The third kappa shape index (κ3) is 35.3. The topological polar surface area (TPSA) is 684 Å². The zero-order valence-electron chi connectivity index (χ0n) is 62.3. The van der Waals surface area contributed by atoms with Crippen LogP contribution in [0, 0.1) is 22.7 Å². The number of carbonyl (C=O) groups is 16. The van der Waals surface area contributed by atoms with Crippen LogP contribution in [-0.4, -0.2) is 274 Å². The van der Waals surface area contributed by atoms with Crippen LogP contribution in [0.3, 0.4) is 0 Å². The van der Waals surface area contributed by atoms with Crippen molar-refractivity contribution >= 4 is 107 Å². The number of nitrogens with two attached hydrogens (primary N) is 3. The molecule has 610 valence electrons. The number of carbonyl (C=O) groups excluding carboxylic acids is 15. The van der Waals surface area contributed by atoms with Gasteiger partial charge in [0.1, 0.15) is 66.5 Å². The van der Waals surface area contributed by atoms with Crippen molar-refractivity contribution < 1.29 is 102 Å². The molecule has 0 spiro atoms. The molecule has 1 aromatic rings. The number of hydrogen-bond donors (Lipinski definition) is 25. The van der Waals surface area contributed by atoms with Crippen molar-refractivity contribution in [2.75, 3.05) is 52.5 Å². The van der Waals surface area contributed by atoms with E-state index in [1.165, 1.54) is 0 Å². The Bertz CT molecular complexity index is 3280. The highest BCUT2D eigenvalue weighted by Gasteiger charge is 2.42. The van der Waals surface area contributed by atoms with Crippen LogP contribution < -0.4 is 97.0 Å². The van der Waals surface area contributed by atoms with Crippen molar-refractivity contribution in [1.82, 2.24) is 84.7 Å². The van der Waals surface area contributed by atoms with E-state index in [4.69, 9.17) is 28.0 Å². The summed E-state index contributed by atoms with van der Waals surface area (Å²) in [7, 11) is 0. The van der Waals surface area contributed by atoms with Crippen molar-refractivity contribution in [3.8, 4) is 0 Å². The average Bonchev–Trinajstić information content (AvgIpc) is 1.74. The summed E-state index contributed by atoms with van der Waals surface area (Å²) in [6.07, 6.45) is -2.64. The fraction of sp³-hybridized carbons (Fsp3) is 0.642. The minimum atomic E-state index is -1.90. The number of aliphatic hydroxyl groups excluding tert-OH is 4. The van der Waals surface area contributed by atoms with E-state index in [1.807, 2.05) is 0 Å². The Labute approximate surface area is 630 Å². The normalized spacial score (nSPS) is 16.0. The molecule has 14 atom stereocenters. The summed E-state index contributed by atoms with van der Waals surface area (Å²) >= 11 is 0. The Balaban J connectivity index is 2.28. The third-order valence-electron chi connectivity index (χ3n) is 16.6. The lowest BCUT2D eigenvalue weighted by Gasteiger charge is -2.31. The number of carboxylic acids is 1. The molecule has 14 amide bonds. The van der Waals surface area contributed by atoms with Crippen LogP contribution in [0.4, 0.5) is 0 Å². The quantitative estimate of drug-likeness (QED) is 0.00947. The van der Waals surface area contributed by atoms with E-state index in [0.29, 0.717) is 18.4 Å². The second-order valence-corrected chi connectivity index (χ2v) is 26.9. The lowest BCUT2D eigenvalue weighted by atomic mass is 10.0. The molecule has 28 N–H and O–H groups in total. The van der Waals surface area contributed by atoms with Crippen molar-refractivity contribution in [1.29, 1.82) is 10.8 Å². The van der Waals surface area contributed by atoms with Crippen LogP contribution in [0.1, 0.15) is 125 Å². The first kappa shape index (κ1) is 94.4. The molecule has 2 rings (SSSR count). The Hall–Kier alpha value is -10.7. The highest BCUT2D eigenvalue weighted by molar-refractivity contribution is 6.03. The van der Waals surface area contributed by atoms with Gasteiger partial charge < -0.3 is 132 Å². The fourth-order valence-electron chi connectivity index (χ4n) is 11.0. The van der Waals surface area contributed by atoms with E-state index in [-0.39, 0.29) is 114 Å². The smallest absolute Gasteiger partial charge is 0.326 e. The maximum absolute atomic E-state index is 14.3. The van der Waals surface area contributed by atoms with Crippen molar-refractivity contribution in [2.45, 2.75) is 210 Å². The number of rotatable bonds is 50. The molecule has 1 saturated heterocycles. The number of nitrogens with one attached hydrogen (secondary N) is 17. The molecule has 1 aliphatic heterocycles. The number of amides is 14. The van der Waals surface area contributed by atoms with Gasteiger partial charge in [-0.05, 0) is 108 Å². The van der Waals surface area contributed by atoms with E-state index in [2.05, 4.69) is 79.8 Å². The third-order valence-corrected chi connectivity index (χ3v) is 16.6. The van der Waals surface area contributed by atoms with E-state index in [0.717, 1.165) is 25.7 Å². The first-order valence-corrected chi connectivity index (χ1v) is 35.7. The first-order valence-electron chi connectivity index (χ1n) is 35.7. The summed E-state index contributed by atoms with van der Waals surface area (Å²) in [6, 6.07) is -10.8. The molecule has 1 heterocycles. The first-order chi connectivity index (χ1) is 51.4. The molecule has 1 fully saturated rings. The molecule has 0 bridgehead atoms. The summed E-state index contributed by atoms with van der Waals surface area (Å²) in [5.74, 6) is -16.7. The van der Waals surface area contributed by atoms with Crippen LogP contribution in [0.5, 0.6) is 0 Å². The van der Waals surface area contributed by atoms with Gasteiger partial charge in [-0.15, -0.1) is 0 Å². The van der Waals surface area contributed by atoms with E-state index >= 15 is 0 Å². The molecule has 14 unspecified atom stereocenters. The molecule has 42 nitrogen and oxygen atoms in total. The van der Waals surface area contributed by atoms with Crippen molar-refractivity contribution in [3.63, 3.8) is 0 Å². The number of nitrogens with zero attached hydrogens (tertiary/aromatic N) is 1. The van der Waals surface area contributed by atoms with Crippen molar-refractivity contribution in [3.05, 3.63) is 35.9 Å². The highest BCUT2D eigenvalue weighted by Crippen LogP contribution is 2.21. The van der Waals surface area contributed by atoms with Crippen LogP contribution in [0.2, 0.25) is 0 Å². The number of unbranched alkanes of at least 4 members (excludes halogenated alkanes) is 1. The zero-order chi connectivity index (χ0) is 82.2. The van der Waals surface area contributed by atoms with Gasteiger partial charge in [0.15, 0.2) is 24.2 Å². The molecule has 1 aliphatic rings. The number of benzene rings is 1. The summed E-state index contributed by atoms with van der Waals surface area (Å²) in [5, 5.41) is 103. The predicted octanol–water partition coefficient (Wildman–Crippen LogP) is -9.42. The molecule has 0 aliphatic carbocycles. The maximum Gasteiger partial charge on any atom is 0.326 e. The molecule has 109 heavy (non-hydrogen) atoms. The fourth-order valence-corrected chi connectivity index (χ4v) is 11.0. The summed E-state index contributed by atoms with van der Waals surface area (Å²) in [4.78, 5) is 215. The van der Waals surface area contributed by atoms with Crippen LogP contribution in [-0.2, 0) is 83.1 Å². The molecule has 0 radical (unpaired) electrons. The number of likely N-dealkylation sites (tertiary alicyclic amines) is 1. The Morgan fingerprint density at radius 2 is 0.954 bits per heavy atom. The highest BCUT2D eigenvalue weighted by atomic mass is 16.4. The molecular weight excluding hydrogens is 1430 g/mol. The van der Waals surface area contributed by atoms with Crippen molar-refractivity contribution in [2.24, 2.45) is 29.0 Å². The second kappa shape index (κ2) is 49.3. The van der Waals surface area contributed by atoms with Gasteiger partial charge in [0.2, 0.25) is 76.8 Å². The van der Waals surface area contributed by atoms with Gasteiger partial charge >= 0.3 is 5.97 Å². The maximum atomic E-state index is 14.3. The van der Waals surface area contributed by atoms with Gasteiger partial charge in [0, 0.05) is 33.0 Å². The molecular formula is C67H111N21O21. The molecule has 42 heteroatoms. The van der Waals surface area contributed by atoms with Crippen LogP contribution >= 0.6 is 0 Å². The predicted molar refractivity (Wildman–Crippen MR) is 389 cm³/mol. The van der Waals surface area contributed by atoms with Gasteiger partial charge in [-0.25, -0.2) is 4.79 Å². The molecule has 0 saturated carbocycles. The van der Waals surface area contributed by atoms with E-state index < -0.39 is 206 Å². The minimum Gasteiger partial charge on any atom is -0.480 e. The standard InChI is InChI=1S/C67H111N21O21/c1-34(2)26-43(77-38(7)94)56(99)84-48(33-91)61(104)87-53(37(6)93)64(107)88-25-15-21-49(88)62(105)85-47(32-90)60(103)80-40(19-13-23-73-66(69)70)54(97)75-29-51(96)79-46(31-89)59(102)82-44(27-35(3)4)57(100)83-45(28-39-16-9-8-10-17-39)58(101)86-52(36(5)92)63(106)76-30-50(95)78-41(20-14-24-74-67(71)72)55(98)81-42(65(108)109)18-11-12-22-68/h8-10,16-17,33-37,40-49,52-53,89-90,92-93H,11-15,18-32,68H2,1-7H3,(H,75,97)(H,76,106)(H,77,94)(H,78,95)(H,79,96)(H,80,103)(H,81,98)(H,82,102)(H,83,100)(H,84,99)(H,85,105)(H,86,101)(H,87,104)(H,108,109)(H4,69,70,73)(H4,71,72,74). The lowest BCUT2D eigenvalue weighted by Crippen LogP contribution is -2.62. The SMILES string of the molecule is CC(=O)NC(CC(C)C)C(=O)NC(C=O)C(=O)NC(C(=O)N1CCCC1C(=O)NC(CO)C(=O)NC(CCCNC(=N)N)C(=O)NCC(=O)NC(CO)C(=O)NC(CC(C)C)C(=O)NC(Cc1ccccc1)C(=O)NC(C(=O)NCC(=O)NC(CCCNC(=N)N)C(=O)NC(CCCCN)C(=O)O)C(C)O)C(C)O. The summed E-state index contributed by atoms with van der Waals surface area (Å²) in [5.41, 5.74) is 16.8.